The van der Waals surface area contributed by atoms with Gasteiger partial charge < -0.3 is 21.5 Å². The average molecular weight is 434 g/mol. The van der Waals surface area contributed by atoms with E-state index in [0.29, 0.717) is 30.1 Å². The molecule has 1 aromatic heterocycles. The van der Waals surface area contributed by atoms with E-state index in [1.807, 2.05) is 25.1 Å². The van der Waals surface area contributed by atoms with Crippen LogP contribution in [0.4, 0.5) is 11.4 Å². The van der Waals surface area contributed by atoms with Gasteiger partial charge in [-0.05, 0) is 37.8 Å². The molecule has 5 N–H and O–H groups in total. The highest BCUT2D eigenvalue weighted by Crippen LogP contribution is 2.44. The minimum Gasteiger partial charge on any atom is -0.493 e. The van der Waals surface area contributed by atoms with Gasteiger partial charge in [-0.3, -0.25) is 19.6 Å². The number of aromatic nitrogens is 1. The number of pyridine rings is 1. The molecule has 0 radical (unpaired) electrons. The second-order valence-electron chi connectivity index (χ2n) is 8.89. The van der Waals surface area contributed by atoms with Gasteiger partial charge in [-0.15, -0.1) is 0 Å². The number of benzene rings is 1. The summed E-state index contributed by atoms with van der Waals surface area (Å²) in [5.41, 5.74) is 15.5. The number of rotatable bonds is 5. The Morgan fingerprint density at radius 3 is 2.69 bits per heavy atom. The molecule has 2 aromatic rings. The van der Waals surface area contributed by atoms with Crippen molar-refractivity contribution in [2.24, 2.45) is 22.4 Å². The third kappa shape index (κ3) is 3.13. The highest BCUT2D eigenvalue weighted by atomic mass is 16.5. The van der Waals surface area contributed by atoms with Gasteiger partial charge in [0.05, 0.1) is 29.3 Å². The number of carbonyl (C=O) groups is 2. The van der Waals surface area contributed by atoms with Gasteiger partial charge in [-0.1, -0.05) is 18.9 Å². The largest absolute Gasteiger partial charge is 0.493 e. The van der Waals surface area contributed by atoms with Crippen LogP contribution in [0.25, 0.3) is 0 Å². The normalized spacial score (nSPS) is 22.0. The number of hydrogen-bond acceptors (Lipinski definition) is 6. The summed E-state index contributed by atoms with van der Waals surface area (Å²) in [7, 11) is 0. The standard InChI is InChI=1S/C24H27N5O3/c1-13-20-16(11-24(29-13,23(26)31)14-5-2-3-6-14)21(17(12-27-20)22(25)30)28-18-7-4-8-19-15(18)9-10-32-19/h4,7-8,12,14H,2-3,5-6,9-11H2,1H3,(H2,25,30)(H2,26,31)(H,27,28). The summed E-state index contributed by atoms with van der Waals surface area (Å²) in [5.74, 6) is -0.118. The molecule has 1 atom stereocenters. The van der Waals surface area contributed by atoms with Crippen LogP contribution in [0, 0.1) is 5.92 Å². The fraction of sp³-hybridized carbons (Fsp3) is 0.417. The number of nitrogens with two attached hydrogens (primary N) is 2. The number of fused-ring (bicyclic) bond motifs is 2. The number of amides is 2. The summed E-state index contributed by atoms with van der Waals surface area (Å²) in [6, 6.07) is 5.79. The molecule has 0 bridgehead atoms. The molecule has 1 saturated carbocycles. The van der Waals surface area contributed by atoms with E-state index >= 15 is 0 Å². The number of nitrogens with zero attached hydrogens (tertiary/aromatic N) is 2. The molecule has 0 spiro atoms. The second-order valence-corrected chi connectivity index (χ2v) is 8.89. The number of anilines is 2. The van der Waals surface area contributed by atoms with Crippen LogP contribution in [0.5, 0.6) is 5.75 Å². The lowest BCUT2D eigenvalue weighted by Gasteiger charge is -2.37. The van der Waals surface area contributed by atoms with E-state index in [2.05, 4.69) is 10.3 Å². The molecule has 166 valence electrons. The first-order valence-electron chi connectivity index (χ1n) is 11.1. The Balaban J connectivity index is 1.67. The highest BCUT2D eigenvalue weighted by Gasteiger charge is 2.48. The molecule has 3 heterocycles. The third-order valence-electron chi connectivity index (χ3n) is 7.06. The lowest BCUT2D eigenvalue weighted by atomic mass is 9.74. The van der Waals surface area contributed by atoms with E-state index in [0.717, 1.165) is 54.7 Å². The summed E-state index contributed by atoms with van der Waals surface area (Å²) in [4.78, 5) is 34.5. The lowest BCUT2D eigenvalue weighted by molar-refractivity contribution is -0.124. The van der Waals surface area contributed by atoms with Crippen LogP contribution < -0.4 is 21.5 Å². The van der Waals surface area contributed by atoms with E-state index in [1.165, 1.54) is 6.20 Å². The van der Waals surface area contributed by atoms with Crippen molar-refractivity contribution >= 4 is 28.9 Å². The maximum absolute atomic E-state index is 12.8. The van der Waals surface area contributed by atoms with Crippen molar-refractivity contribution in [3.05, 3.63) is 46.8 Å². The molecule has 1 fully saturated rings. The van der Waals surface area contributed by atoms with Crippen molar-refractivity contribution < 1.29 is 14.3 Å². The van der Waals surface area contributed by atoms with E-state index in [1.54, 1.807) is 0 Å². The van der Waals surface area contributed by atoms with Crippen LogP contribution in [-0.4, -0.2) is 34.7 Å². The molecular weight excluding hydrogens is 406 g/mol. The zero-order valence-corrected chi connectivity index (χ0v) is 18.1. The first-order valence-corrected chi connectivity index (χ1v) is 11.1. The van der Waals surface area contributed by atoms with Crippen LogP contribution in [0.3, 0.4) is 0 Å². The van der Waals surface area contributed by atoms with Gasteiger partial charge in [0.25, 0.3) is 5.91 Å². The summed E-state index contributed by atoms with van der Waals surface area (Å²) in [5, 5.41) is 3.44. The summed E-state index contributed by atoms with van der Waals surface area (Å²) >= 11 is 0. The number of aliphatic imine (C=N–C) groups is 1. The first-order chi connectivity index (χ1) is 15.4. The van der Waals surface area contributed by atoms with Crippen LogP contribution in [-0.2, 0) is 17.6 Å². The maximum Gasteiger partial charge on any atom is 0.252 e. The second kappa shape index (κ2) is 7.62. The molecule has 0 saturated heterocycles. The molecule has 2 amide bonds. The molecule has 3 aliphatic rings. The Morgan fingerprint density at radius 1 is 1.19 bits per heavy atom. The zero-order valence-electron chi connectivity index (χ0n) is 18.1. The molecule has 1 aliphatic carbocycles. The number of primary amides is 2. The molecule has 32 heavy (non-hydrogen) atoms. The topological polar surface area (TPSA) is 133 Å². The molecule has 1 aromatic carbocycles. The number of nitrogens with one attached hydrogen (secondary N) is 1. The molecule has 8 heteroatoms. The maximum atomic E-state index is 12.8. The fourth-order valence-corrected chi connectivity index (χ4v) is 5.48. The van der Waals surface area contributed by atoms with Gasteiger partial charge in [0.15, 0.2) is 0 Å². The van der Waals surface area contributed by atoms with Gasteiger partial charge >= 0.3 is 0 Å². The molecule has 8 nitrogen and oxygen atoms in total. The van der Waals surface area contributed by atoms with Crippen molar-refractivity contribution in [3.8, 4) is 5.75 Å². The van der Waals surface area contributed by atoms with E-state index in [9.17, 15) is 9.59 Å². The molecule has 1 unspecified atom stereocenters. The van der Waals surface area contributed by atoms with Crippen molar-refractivity contribution in [1.29, 1.82) is 0 Å². The monoisotopic (exact) mass is 433 g/mol. The Hall–Kier alpha value is -3.42. The Labute approximate surface area is 186 Å². The van der Waals surface area contributed by atoms with E-state index < -0.39 is 17.4 Å². The van der Waals surface area contributed by atoms with Crippen molar-refractivity contribution in [3.63, 3.8) is 0 Å². The van der Waals surface area contributed by atoms with E-state index in [-0.39, 0.29) is 11.5 Å². The van der Waals surface area contributed by atoms with Crippen molar-refractivity contribution in [1.82, 2.24) is 4.98 Å². The SMILES string of the molecule is CC1=NC(C(N)=O)(C2CCCC2)Cc2c1ncc(C(N)=O)c2Nc1cccc2c1CCO2. The Kier molecular flexibility index (Phi) is 4.87. The van der Waals surface area contributed by atoms with Crippen molar-refractivity contribution in [2.75, 3.05) is 11.9 Å². The Morgan fingerprint density at radius 2 is 1.97 bits per heavy atom. The summed E-state index contributed by atoms with van der Waals surface area (Å²) in [6.07, 6.45) is 6.47. The van der Waals surface area contributed by atoms with Gasteiger partial charge in [0.2, 0.25) is 5.91 Å². The minimum absolute atomic E-state index is 0.0718. The first kappa shape index (κ1) is 20.5. The quantitative estimate of drug-likeness (QED) is 0.667. The average Bonchev–Trinajstić information content (AvgIpc) is 3.46. The minimum atomic E-state index is -1.04. The van der Waals surface area contributed by atoms with Crippen LogP contribution >= 0.6 is 0 Å². The van der Waals surface area contributed by atoms with Crippen LogP contribution in [0.2, 0.25) is 0 Å². The number of hydrogen-bond donors (Lipinski definition) is 3. The third-order valence-corrected chi connectivity index (χ3v) is 7.06. The Bertz CT molecular complexity index is 1150. The summed E-state index contributed by atoms with van der Waals surface area (Å²) < 4.78 is 5.69. The highest BCUT2D eigenvalue weighted by molar-refractivity contribution is 6.07. The van der Waals surface area contributed by atoms with Crippen LogP contribution in [0.1, 0.15) is 59.8 Å². The molecule has 5 rings (SSSR count). The molecule has 2 aliphatic heterocycles. The van der Waals surface area contributed by atoms with Crippen molar-refractivity contribution in [2.45, 2.75) is 51.0 Å². The molecular formula is C24H27N5O3. The summed E-state index contributed by atoms with van der Waals surface area (Å²) in [6.45, 7) is 2.46. The van der Waals surface area contributed by atoms with Gasteiger partial charge in [0, 0.05) is 35.9 Å². The lowest BCUT2D eigenvalue weighted by Crippen LogP contribution is -2.52. The smallest absolute Gasteiger partial charge is 0.252 e. The van der Waals surface area contributed by atoms with Gasteiger partial charge in [-0.2, -0.15) is 0 Å². The predicted molar refractivity (Wildman–Crippen MR) is 121 cm³/mol. The van der Waals surface area contributed by atoms with Gasteiger partial charge in [0.1, 0.15) is 11.3 Å². The zero-order chi connectivity index (χ0) is 22.5. The fourth-order valence-electron chi connectivity index (χ4n) is 5.48. The number of ether oxygens (including phenoxy) is 1. The van der Waals surface area contributed by atoms with Gasteiger partial charge in [-0.25, -0.2) is 0 Å². The van der Waals surface area contributed by atoms with E-state index in [4.69, 9.17) is 21.2 Å². The predicted octanol–water partition coefficient (Wildman–Crippen LogP) is 2.64. The number of carbonyl (C=O) groups excluding carboxylic acids is 2. The van der Waals surface area contributed by atoms with Crippen LogP contribution in [0.15, 0.2) is 29.4 Å².